The molecule has 1 atom stereocenters. The van der Waals surface area contributed by atoms with Crippen molar-refractivity contribution in [1.82, 2.24) is 4.98 Å². The van der Waals surface area contributed by atoms with E-state index in [0.717, 1.165) is 16.8 Å². The second-order valence-electron chi connectivity index (χ2n) is 4.18. The molecular formula is C14H15NO2S. The lowest BCUT2D eigenvalue weighted by Crippen LogP contribution is -2.09. The zero-order chi connectivity index (χ0) is 13.1. The van der Waals surface area contributed by atoms with Gasteiger partial charge in [-0.3, -0.25) is 4.79 Å². The average molecular weight is 261 g/mol. The number of aliphatic carboxylic acids is 1. The SMILES string of the molecule is CCC(C(=O)O)c1nc(-c2ccccc2C)cs1. The molecule has 0 bridgehead atoms. The minimum atomic E-state index is -0.803. The monoisotopic (exact) mass is 261 g/mol. The molecule has 94 valence electrons. The summed E-state index contributed by atoms with van der Waals surface area (Å²) in [4.78, 5) is 15.6. The van der Waals surface area contributed by atoms with Gasteiger partial charge in [-0.15, -0.1) is 11.3 Å². The van der Waals surface area contributed by atoms with Crippen molar-refractivity contribution in [2.45, 2.75) is 26.2 Å². The number of carbonyl (C=O) groups is 1. The van der Waals surface area contributed by atoms with E-state index in [2.05, 4.69) is 4.98 Å². The Morgan fingerprint density at radius 2 is 2.17 bits per heavy atom. The molecule has 2 rings (SSSR count). The van der Waals surface area contributed by atoms with Gasteiger partial charge in [0.15, 0.2) is 0 Å². The summed E-state index contributed by atoms with van der Waals surface area (Å²) in [5.41, 5.74) is 3.09. The van der Waals surface area contributed by atoms with E-state index < -0.39 is 11.9 Å². The van der Waals surface area contributed by atoms with Gasteiger partial charge in [-0.1, -0.05) is 31.2 Å². The third-order valence-electron chi connectivity index (χ3n) is 2.95. The molecule has 0 aliphatic rings. The van der Waals surface area contributed by atoms with Crippen LogP contribution >= 0.6 is 11.3 Å². The zero-order valence-corrected chi connectivity index (χ0v) is 11.2. The molecule has 2 aromatic rings. The Morgan fingerprint density at radius 3 is 2.78 bits per heavy atom. The number of hydrogen-bond donors (Lipinski definition) is 1. The van der Waals surface area contributed by atoms with Gasteiger partial charge in [-0.05, 0) is 18.9 Å². The Labute approximate surface area is 110 Å². The van der Waals surface area contributed by atoms with Crippen molar-refractivity contribution in [3.63, 3.8) is 0 Å². The third-order valence-corrected chi connectivity index (χ3v) is 3.91. The van der Waals surface area contributed by atoms with Crippen molar-refractivity contribution < 1.29 is 9.90 Å². The maximum Gasteiger partial charge on any atom is 0.313 e. The van der Waals surface area contributed by atoms with E-state index in [1.807, 2.05) is 43.5 Å². The molecule has 1 aromatic carbocycles. The summed E-state index contributed by atoms with van der Waals surface area (Å²) < 4.78 is 0. The average Bonchev–Trinajstić information content (AvgIpc) is 2.79. The van der Waals surface area contributed by atoms with Crippen molar-refractivity contribution >= 4 is 17.3 Å². The Balaban J connectivity index is 2.36. The molecule has 1 heterocycles. The van der Waals surface area contributed by atoms with E-state index in [0.29, 0.717) is 11.4 Å². The number of benzene rings is 1. The molecule has 0 spiro atoms. The first-order valence-electron chi connectivity index (χ1n) is 5.87. The molecule has 0 radical (unpaired) electrons. The highest BCUT2D eigenvalue weighted by atomic mass is 32.1. The van der Waals surface area contributed by atoms with Crippen LogP contribution in [-0.4, -0.2) is 16.1 Å². The van der Waals surface area contributed by atoms with Crippen molar-refractivity contribution in [3.05, 3.63) is 40.2 Å². The van der Waals surface area contributed by atoms with Crippen molar-refractivity contribution in [2.24, 2.45) is 0 Å². The first kappa shape index (κ1) is 12.8. The summed E-state index contributed by atoms with van der Waals surface area (Å²) in [5.74, 6) is -1.30. The summed E-state index contributed by atoms with van der Waals surface area (Å²) in [6, 6.07) is 7.99. The summed E-state index contributed by atoms with van der Waals surface area (Å²) in [6.45, 7) is 3.90. The van der Waals surface area contributed by atoms with E-state index in [9.17, 15) is 4.79 Å². The minimum Gasteiger partial charge on any atom is -0.481 e. The number of nitrogens with zero attached hydrogens (tertiary/aromatic N) is 1. The van der Waals surface area contributed by atoms with Crippen molar-refractivity contribution in [2.75, 3.05) is 0 Å². The minimum absolute atomic E-state index is 0.493. The molecule has 18 heavy (non-hydrogen) atoms. The molecule has 0 fully saturated rings. The van der Waals surface area contributed by atoms with Crippen LogP contribution < -0.4 is 0 Å². The fraction of sp³-hybridized carbons (Fsp3) is 0.286. The van der Waals surface area contributed by atoms with Crippen molar-refractivity contribution in [1.29, 1.82) is 0 Å². The molecule has 3 nitrogen and oxygen atoms in total. The van der Waals surface area contributed by atoms with Gasteiger partial charge in [0.25, 0.3) is 0 Å². The van der Waals surface area contributed by atoms with Crippen LogP contribution in [0.2, 0.25) is 0 Å². The fourth-order valence-electron chi connectivity index (χ4n) is 1.89. The Bertz CT molecular complexity index is 562. The lowest BCUT2D eigenvalue weighted by molar-refractivity contribution is -0.138. The van der Waals surface area contributed by atoms with Crippen LogP contribution in [-0.2, 0) is 4.79 Å². The summed E-state index contributed by atoms with van der Waals surface area (Å²) in [5, 5.41) is 11.7. The standard InChI is InChI=1S/C14H15NO2S/c1-3-10(14(16)17)13-15-12(8-18-13)11-7-5-4-6-9(11)2/h4-8,10H,3H2,1-2H3,(H,16,17). The number of aromatic nitrogens is 1. The van der Waals surface area contributed by atoms with Crippen LogP contribution in [0.5, 0.6) is 0 Å². The predicted molar refractivity (Wildman–Crippen MR) is 73.0 cm³/mol. The molecule has 0 saturated heterocycles. The number of aryl methyl sites for hydroxylation is 1. The highest BCUT2D eigenvalue weighted by Gasteiger charge is 2.21. The zero-order valence-electron chi connectivity index (χ0n) is 10.4. The molecule has 1 aromatic heterocycles. The Morgan fingerprint density at radius 1 is 1.44 bits per heavy atom. The predicted octanol–water partition coefficient (Wildman–Crippen LogP) is 3.70. The van der Waals surface area contributed by atoms with Crippen LogP contribution in [0.1, 0.15) is 29.8 Å². The van der Waals surface area contributed by atoms with Crippen molar-refractivity contribution in [3.8, 4) is 11.3 Å². The molecule has 0 saturated carbocycles. The number of thiazole rings is 1. The fourth-order valence-corrected chi connectivity index (χ4v) is 2.88. The Kier molecular flexibility index (Phi) is 3.77. The van der Waals surface area contributed by atoms with Crippen LogP contribution in [0, 0.1) is 6.92 Å². The lowest BCUT2D eigenvalue weighted by atomic mass is 10.1. The van der Waals surface area contributed by atoms with E-state index in [-0.39, 0.29) is 0 Å². The van der Waals surface area contributed by atoms with Gasteiger partial charge >= 0.3 is 5.97 Å². The molecule has 0 aliphatic carbocycles. The maximum absolute atomic E-state index is 11.1. The van der Waals surface area contributed by atoms with Gasteiger partial charge in [-0.25, -0.2) is 4.98 Å². The first-order valence-corrected chi connectivity index (χ1v) is 6.75. The number of rotatable bonds is 4. The number of carboxylic acids is 1. The quantitative estimate of drug-likeness (QED) is 0.913. The maximum atomic E-state index is 11.1. The third kappa shape index (κ3) is 2.43. The van der Waals surface area contributed by atoms with Crippen LogP contribution in [0.3, 0.4) is 0 Å². The second kappa shape index (κ2) is 5.31. The van der Waals surface area contributed by atoms with Crippen LogP contribution in [0.25, 0.3) is 11.3 Å². The van der Waals surface area contributed by atoms with Gasteiger partial charge < -0.3 is 5.11 Å². The Hall–Kier alpha value is -1.68. The smallest absolute Gasteiger partial charge is 0.313 e. The van der Waals surface area contributed by atoms with Gasteiger partial charge in [0.1, 0.15) is 10.9 Å². The van der Waals surface area contributed by atoms with Gasteiger partial charge in [0, 0.05) is 10.9 Å². The molecule has 0 amide bonds. The van der Waals surface area contributed by atoms with E-state index in [1.165, 1.54) is 11.3 Å². The van der Waals surface area contributed by atoms with Gasteiger partial charge in [-0.2, -0.15) is 0 Å². The number of carboxylic acid groups (broad SMARTS) is 1. The summed E-state index contributed by atoms with van der Waals surface area (Å²) in [7, 11) is 0. The summed E-state index contributed by atoms with van der Waals surface area (Å²) >= 11 is 1.42. The molecule has 0 aliphatic heterocycles. The van der Waals surface area contributed by atoms with Gasteiger partial charge in [0.05, 0.1) is 5.69 Å². The molecular weight excluding hydrogens is 246 g/mol. The van der Waals surface area contributed by atoms with E-state index in [4.69, 9.17) is 5.11 Å². The second-order valence-corrected chi connectivity index (χ2v) is 5.07. The molecule has 4 heteroatoms. The van der Waals surface area contributed by atoms with Crippen LogP contribution in [0.15, 0.2) is 29.6 Å². The molecule has 1 N–H and O–H groups in total. The largest absolute Gasteiger partial charge is 0.481 e. The van der Waals surface area contributed by atoms with Crippen LogP contribution in [0.4, 0.5) is 0 Å². The van der Waals surface area contributed by atoms with Gasteiger partial charge in [0.2, 0.25) is 0 Å². The lowest BCUT2D eigenvalue weighted by Gasteiger charge is -2.05. The highest BCUT2D eigenvalue weighted by Crippen LogP contribution is 2.29. The summed E-state index contributed by atoms with van der Waals surface area (Å²) in [6.07, 6.45) is 0.566. The van der Waals surface area contributed by atoms with E-state index >= 15 is 0 Å². The topological polar surface area (TPSA) is 50.2 Å². The first-order chi connectivity index (χ1) is 8.63. The molecule has 1 unspecified atom stereocenters. The number of hydrogen-bond acceptors (Lipinski definition) is 3. The normalized spacial score (nSPS) is 12.3. The highest BCUT2D eigenvalue weighted by molar-refractivity contribution is 7.10. The van der Waals surface area contributed by atoms with E-state index in [1.54, 1.807) is 0 Å².